The number of carbonyl (C=O) groups is 3. The van der Waals surface area contributed by atoms with E-state index in [-0.39, 0.29) is 21.7 Å². The summed E-state index contributed by atoms with van der Waals surface area (Å²) in [5, 5.41) is 5.20. The Bertz CT molecular complexity index is 666. The van der Waals surface area contributed by atoms with E-state index < -0.39 is 24.5 Å². The quantitative estimate of drug-likeness (QED) is 0.774. The molecule has 2 atom stereocenters. The monoisotopic (exact) mass is 386 g/mol. The third-order valence-electron chi connectivity index (χ3n) is 4.19. The van der Waals surface area contributed by atoms with Gasteiger partial charge >= 0.3 is 12.0 Å². The lowest BCUT2D eigenvalue weighted by Gasteiger charge is -2.29. The maximum atomic E-state index is 11.9. The van der Waals surface area contributed by atoms with Crippen molar-refractivity contribution in [2.75, 3.05) is 6.61 Å². The highest BCUT2D eigenvalue weighted by Crippen LogP contribution is 2.26. The Kier molecular flexibility index (Phi) is 7.08. The molecule has 1 aromatic carbocycles. The number of halogens is 2. The Morgan fingerprint density at radius 2 is 1.92 bits per heavy atom. The fourth-order valence-corrected chi connectivity index (χ4v) is 3.15. The lowest BCUT2D eigenvalue weighted by molar-refractivity contribution is -0.123. The van der Waals surface area contributed by atoms with Crippen molar-refractivity contribution in [1.82, 2.24) is 10.6 Å². The van der Waals surface area contributed by atoms with Crippen LogP contribution in [0.15, 0.2) is 18.2 Å². The number of esters is 1. The van der Waals surface area contributed by atoms with E-state index in [1.807, 2.05) is 0 Å². The molecule has 0 spiro atoms. The van der Waals surface area contributed by atoms with E-state index in [2.05, 4.69) is 17.6 Å². The van der Waals surface area contributed by atoms with Gasteiger partial charge in [0.2, 0.25) is 0 Å². The molecule has 1 aromatic rings. The summed E-state index contributed by atoms with van der Waals surface area (Å²) in [5.41, 5.74) is 0.0578. The van der Waals surface area contributed by atoms with Gasteiger partial charge in [-0.15, -0.1) is 0 Å². The van der Waals surface area contributed by atoms with Crippen LogP contribution in [0.3, 0.4) is 0 Å². The topological polar surface area (TPSA) is 84.5 Å². The SMILES string of the molecule is C[C@@H]1CCCC[C@H]1NC(=O)NC(=O)COC(=O)c1cccc(Cl)c1Cl. The third-order valence-corrected chi connectivity index (χ3v) is 5.01. The van der Waals surface area contributed by atoms with Crippen LogP contribution in [-0.2, 0) is 9.53 Å². The molecule has 1 aliphatic carbocycles. The third kappa shape index (κ3) is 5.61. The van der Waals surface area contributed by atoms with Gasteiger partial charge in [0.1, 0.15) is 0 Å². The number of hydrogen-bond donors (Lipinski definition) is 2. The van der Waals surface area contributed by atoms with E-state index in [0.29, 0.717) is 5.92 Å². The van der Waals surface area contributed by atoms with Gasteiger partial charge in [-0.25, -0.2) is 9.59 Å². The van der Waals surface area contributed by atoms with Crippen molar-refractivity contribution in [2.24, 2.45) is 5.92 Å². The number of amides is 3. The Morgan fingerprint density at radius 3 is 2.64 bits per heavy atom. The average Bonchev–Trinajstić information content (AvgIpc) is 2.57. The second-order valence-corrected chi connectivity index (χ2v) is 6.85. The first-order valence-corrected chi connectivity index (χ1v) is 8.85. The molecule has 0 radical (unpaired) electrons. The van der Waals surface area contributed by atoms with Crippen LogP contribution < -0.4 is 10.6 Å². The van der Waals surface area contributed by atoms with Gasteiger partial charge in [-0.05, 0) is 30.9 Å². The molecule has 6 nitrogen and oxygen atoms in total. The Balaban J connectivity index is 1.79. The lowest BCUT2D eigenvalue weighted by atomic mass is 9.86. The molecule has 0 aliphatic heterocycles. The molecule has 2 N–H and O–H groups in total. The number of hydrogen-bond acceptors (Lipinski definition) is 4. The molecular formula is C17H20Cl2N2O4. The van der Waals surface area contributed by atoms with Gasteiger partial charge < -0.3 is 10.1 Å². The zero-order valence-electron chi connectivity index (χ0n) is 13.8. The smallest absolute Gasteiger partial charge is 0.340 e. The molecule has 2 rings (SSSR count). The zero-order chi connectivity index (χ0) is 18.4. The van der Waals surface area contributed by atoms with E-state index in [9.17, 15) is 14.4 Å². The normalized spacial score (nSPS) is 19.8. The minimum atomic E-state index is -0.788. The van der Waals surface area contributed by atoms with E-state index in [4.69, 9.17) is 27.9 Å². The summed E-state index contributed by atoms with van der Waals surface area (Å²) in [6.45, 7) is 1.48. The largest absolute Gasteiger partial charge is 0.452 e. The Labute approximate surface area is 156 Å². The van der Waals surface area contributed by atoms with Crippen molar-refractivity contribution in [2.45, 2.75) is 38.6 Å². The first kappa shape index (κ1) is 19.5. The molecule has 8 heteroatoms. The molecule has 136 valence electrons. The first-order valence-electron chi connectivity index (χ1n) is 8.10. The number of urea groups is 1. The molecule has 0 saturated heterocycles. The summed E-state index contributed by atoms with van der Waals surface area (Å²) in [7, 11) is 0. The molecule has 0 heterocycles. The number of rotatable bonds is 4. The Morgan fingerprint density at radius 1 is 1.20 bits per heavy atom. The predicted octanol–water partition coefficient (Wildman–Crippen LogP) is 3.55. The molecule has 0 bridgehead atoms. The van der Waals surface area contributed by atoms with Crippen molar-refractivity contribution in [3.8, 4) is 0 Å². The highest BCUT2D eigenvalue weighted by molar-refractivity contribution is 6.43. The maximum Gasteiger partial charge on any atom is 0.340 e. The molecule has 1 saturated carbocycles. The highest BCUT2D eigenvalue weighted by Gasteiger charge is 2.23. The van der Waals surface area contributed by atoms with Crippen molar-refractivity contribution in [3.05, 3.63) is 33.8 Å². The maximum absolute atomic E-state index is 11.9. The number of imide groups is 1. The Hall–Kier alpha value is -1.79. The molecule has 25 heavy (non-hydrogen) atoms. The second kappa shape index (κ2) is 9.06. The number of ether oxygens (including phenoxy) is 1. The van der Waals surface area contributed by atoms with E-state index in [0.717, 1.165) is 25.7 Å². The minimum absolute atomic E-state index is 0.0503. The summed E-state index contributed by atoms with van der Waals surface area (Å²) in [4.78, 5) is 35.5. The van der Waals surface area contributed by atoms with Crippen LogP contribution in [0.5, 0.6) is 0 Å². The number of nitrogens with one attached hydrogen (secondary N) is 2. The van der Waals surface area contributed by atoms with Gasteiger partial charge in [-0.3, -0.25) is 10.1 Å². The molecular weight excluding hydrogens is 367 g/mol. The van der Waals surface area contributed by atoms with Crippen molar-refractivity contribution in [1.29, 1.82) is 0 Å². The fourth-order valence-electron chi connectivity index (χ4n) is 2.77. The van der Waals surface area contributed by atoms with E-state index in [1.54, 1.807) is 6.07 Å². The summed E-state index contributed by atoms with van der Waals surface area (Å²) >= 11 is 11.7. The van der Waals surface area contributed by atoms with E-state index in [1.165, 1.54) is 12.1 Å². The van der Waals surface area contributed by atoms with Gasteiger partial charge in [0.15, 0.2) is 6.61 Å². The van der Waals surface area contributed by atoms with Crippen LogP contribution in [0.1, 0.15) is 43.0 Å². The van der Waals surface area contributed by atoms with Crippen molar-refractivity contribution < 1.29 is 19.1 Å². The van der Waals surface area contributed by atoms with Gasteiger partial charge in [0.05, 0.1) is 15.6 Å². The minimum Gasteiger partial charge on any atom is -0.452 e. The molecule has 0 aromatic heterocycles. The lowest BCUT2D eigenvalue weighted by Crippen LogP contribution is -2.48. The van der Waals surface area contributed by atoms with Crippen LogP contribution in [0.2, 0.25) is 10.0 Å². The standard InChI is InChI=1S/C17H20Cl2N2O4/c1-10-5-2-3-8-13(10)20-17(24)21-14(22)9-25-16(23)11-6-4-7-12(18)15(11)19/h4,6-7,10,13H,2-3,5,8-9H2,1H3,(H2,20,21,22,24)/t10-,13-/m1/s1. The van der Waals surface area contributed by atoms with Crippen LogP contribution in [0, 0.1) is 5.92 Å². The molecule has 0 unspecified atom stereocenters. The number of carbonyl (C=O) groups excluding carboxylic acids is 3. The zero-order valence-corrected chi connectivity index (χ0v) is 15.3. The fraction of sp³-hybridized carbons (Fsp3) is 0.471. The van der Waals surface area contributed by atoms with Gasteiger partial charge in [-0.1, -0.05) is 49.0 Å². The molecule has 1 fully saturated rings. The summed E-state index contributed by atoms with van der Waals surface area (Å²) in [5.74, 6) is -1.13. The highest BCUT2D eigenvalue weighted by atomic mass is 35.5. The first-order chi connectivity index (χ1) is 11.9. The van der Waals surface area contributed by atoms with Crippen molar-refractivity contribution in [3.63, 3.8) is 0 Å². The predicted molar refractivity (Wildman–Crippen MR) is 94.8 cm³/mol. The van der Waals surface area contributed by atoms with Crippen LogP contribution in [-0.4, -0.2) is 30.6 Å². The van der Waals surface area contributed by atoms with E-state index >= 15 is 0 Å². The summed E-state index contributed by atoms with van der Waals surface area (Å²) in [6.07, 6.45) is 4.16. The molecule has 3 amide bonds. The van der Waals surface area contributed by atoms with Gasteiger partial charge in [0.25, 0.3) is 5.91 Å². The summed E-state index contributed by atoms with van der Waals surface area (Å²) < 4.78 is 4.86. The van der Waals surface area contributed by atoms with Crippen LogP contribution in [0.4, 0.5) is 4.79 Å². The molecule has 1 aliphatic rings. The van der Waals surface area contributed by atoms with Crippen molar-refractivity contribution >= 4 is 41.1 Å². The van der Waals surface area contributed by atoms with Crippen LogP contribution >= 0.6 is 23.2 Å². The second-order valence-electron chi connectivity index (χ2n) is 6.07. The average molecular weight is 387 g/mol. The van der Waals surface area contributed by atoms with Gasteiger partial charge in [-0.2, -0.15) is 0 Å². The van der Waals surface area contributed by atoms with Gasteiger partial charge in [0, 0.05) is 6.04 Å². The summed E-state index contributed by atoms with van der Waals surface area (Å²) in [6, 6.07) is 3.98. The van der Waals surface area contributed by atoms with Crippen LogP contribution in [0.25, 0.3) is 0 Å². The number of benzene rings is 1.